The normalized spacial score (nSPS) is 38.0. The zero-order valence-corrected chi connectivity index (χ0v) is 14.5. The summed E-state index contributed by atoms with van der Waals surface area (Å²) in [6.07, 6.45) is -0.103. The van der Waals surface area contributed by atoms with E-state index in [1.807, 2.05) is 0 Å². The fourth-order valence-corrected chi connectivity index (χ4v) is 4.74. The van der Waals surface area contributed by atoms with Gasteiger partial charge in [-0.2, -0.15) is 0 Å². The second kappa shape index (κ2) is 5.98. The number of aliphatic hydroxyl groups excluding tert-OH is 1. The Morgan fingerprint density at radius 3 is 2.79 bits per heavy atom. The van der Waals surface area contributed by atoms with Crippen molar-refractivity contribution in [1.82, 2.24) is 5.32 Å². The van der Waals surface area contributed by atoms with Crippen LogP contribution < -0.4 is 5.32 Å². The maximum Gasteiger partial charge on any atom is 0.348 e. The van der Waals surface area contributed by atoms with Gasteiger partial charge in [-0.3, -0.25) is 4.79 Å². The molecule has 130 valence electrons. The lowest BCUT2D eigenvalue weighted by Crippen LogP contribution is -2.51. The molecule has 1 aliphatic carbocycles. The van der Waals surface area contributed by atoms with E-state index in [0.717, 1.165) is 0 Å². The maximum absolute atomic E-state index is 12.3. The number of ether oxygens (including phenoxy) is 1. The lowest BCUT2D eigenvalue weighted by Gasteiger charge is -2.34. The van der Waals surface area contributed by atoms with Gasteiger partial charge < -0.3 is 20.3 Å². The number of thiophene rings is 1. The molecule has 3 rings (SSSR count). The average Bonchev–Trinajstić information content (AvgIpc) is 3.16. The number of amides is 1. The number of hydrogen-bond acceptors (Lipinski definition) is 6. The Balaban J connectivity index is 1.96. The molecule has 1 aliphatic heterocycles. The molecule has 1 saturated heterocycles. The molecule has 6 nitrogen and oxygen atoms in total. The van der Waals surface area contributed by atoms with Crippen LogP contribution in [0.1, 0.15) is 30.4 Å². The molecule has 2 fully saturated rings. The summed E-state index contributed by atoms with van der Waals surface area (Å²) in [7, 11) is 0. The summed E-state index contributed by atoms with van der Waals surface area (Å²) in [5, 5.41) is 25.8. The highest BCUT2D eigenvalue weighted by molar-refractivity contribution is 7.11. The van der Waals surface area contributed by atoms with E-state index < -0.39 is 41.7 Å². The zero-order chi connectivity index (χ0) is 17.6. The molecule has 0 spiro atoms. The molecular formula is C17H21NO5S. The third kappa shape index (κ3) is 2.47. The highest BCUT2D eigenvalue weighted by Crippen LogP contribution is 2.50. The molecule has 0 aromatic carbocycles. The lowest BCUT2D eigenvalue weighted by molar-refractivity contribution is -0.122. The van der Waals surface area contributed by atoms with Gasteiger partial charge in [0.05, 0.1) is 12.1 Å². The summed E-state index contributed by atoms with van der Waals surface area (Å²) in [5.41, 5.74) is -0.945. The maximum atomic E-state index is 12.3. The molecule has 24 heavy (non-hydrogen) atoms. The molecular weight excluding hydrogens is 330 g/mol. The van der Waals surface area contributed by atoms with Crippen LogP contribution in [0.3, 0.4) is 0 Å². The first-order valence-electron chi connectivity index (χ1n) is 7.91. The van der Waals surface area contributed by atoms with Crippen LogP contribution in [0.5, 0.6) is 0 Å². The van der Waals surface area contributed by atoms with Crippen molar-refractivity contribution in [3.8, 4) is 0 Å². The number of aliphatic hydroxyl groups is 2. The van der Waals surface area contributed by atoms with Crippen molar-refractivity contribution >= 4 is 23.2 Å². The standard InChI is InChI=1S/C17H21NO5S/c1-4-9-11-12(8(2)19)17(3,22)14(13(11)18-15(9)20)23-16(21)10-6-5-7-24-10/h4-8,11-14,19,22H,1-3H3,(H,18,20)/b9-4+/t8?,11-,12+,13+,14+,17-/m1/s1. The van der Waals surface area contributed by atoms with E-state index in [1.165, 1.54) is 11.3 Å². The molecule has 1 aromatic heterocycles. The van der Waals surface area contributed by atoms with E-state index in [1.54, 1.807) is 44.4 Å². The van der Waals surface area contributed by atoms with Crippen molar-refractivity contribution in [3.05, 3.63) is 34.0 Å². The summed E-state index contributed by atoms with van der Waals surface area (Å²) in [4.78, 5) is 24.9. The SMILES string of the molecule is C/C=C1/C(=O)N[C@H]2[C@H]1[C@H](C(C)O)[C@@](C)(O)[C@H]2OC(=O)c1cccs1. The third-order valence-corrected chi connectivity index (χ3v) is 5.91. The van der Waals surface area contributed by atoms with Crippen molar-refractivity contribution in [2.24, 2.45) is 11.8 Å². The van der Waals surface area contributed by atoms with Crippen LogP contribution in [-0.4, -0.2) is 45.9 Å². The first-order valence-corrected chi connectivity index (χ1v) is 8.79. The molecule has 1 aromatic rings. The predicted octanol–water partition coefficient (Wildman–Crippen LogP) is 1.10. The van der Waals surface area contributed by atoms with Crippen LogP contribution >= 0.6 is 11.3 Å². The van der Waals surface area contributed by atoms with Crippen molar-refractivity contribution in [2.45, 2.75) is 44.6 Å². The van der Waals surface area contributed by atoms with Crippen LogP contribution in [-0.2, 0) is 9.53 Å². The van der Waals surface area contributed by atoms with Gasteiger partial charge >= 0.3 is 5.97 Å². The number of allylic oxidation sites excluding steroid dienone is 1. The van der Waals surface area contributed by atoms with Gasteiger partial charge in [0.25, 0.3) is 0 Å². The minimum Gasteiger partial charge on any atom is -0.453 e. The van der Waals surface area contributed by atoms with Crippen LogP contribution in [0.25, 0.3) is 0 Å². The van der Waals surface area contributed by atoms with Gasteiger partial charge in [-0.05, 0) is 32.2 Å². The Kier molecular flexibility index (Phi) is 4.27. The van der Waals surface area contributed by atoms with Gasteiger partial charge in [0.1, 0.15) is 10.5 Å². The lowest BCUT2D eigenvalue weighted by atomic mass is 9.79. The van der Waals surface area contributed by atoms with E-state index >= 15 is 0 Å². The Morgan fingerprint density at radius 1 is 1.54 bits per heavy atom. The molecule has 6 atom stereocenters. The van der Waals surface area contributed by atoms with E-state index in [2.05, 4.69) is 5.32 Å². The van der Waals surface area contributed by atoms with Crippen molar-refractivity contribution in [3.63, 3.8) is 0 Å². The van der Waals surface area contributed by atoms with Crippen LogP contribution in [0.4, 0.5) is 0 Å². The highest BCUT2D eigenvalue weighted by atomic mass is 32.1. The second-order valence-electron chi connectivity index (χ2n) is 6.56. The molecule has 2 aliphatic rings. The molecule has 1 amide bonds. The summed E-state index contributed by atoms with van der Waals surface area (Å²) >= 11 is 1.25. The summed E-state index contributed by atoms with van der Waals surface area (Å²) in [6.45, 7) is 4.88. The van der Waals surface area contributed by atoms with Crippen LogP contribution in [0, 0.1) is 11.8 Å². The Labute approximate surface area is 144 Å². The van der Waals surface area contributed by atoms with Gasteiger partial charge in [0.2, 0.25) is 5.91 Å². The largest absolute Gasteiger partial charge is 0.453 e. The van der Waals surface area contributed by atoms with Gasteiger partial charge in [0, 0.05) is 17.4 Å². The molecule has 1 saturated carbocycles. The van der Waals surface area contributed by atoms with Crippen molar-refractivity contribution < 1.29 is 24.5 Å². The van der Waals surface area contributed by atoms with Crippen LogP contribution in [0.2, 0.25) is 0 Å². The van der Waals surface area contributed by atoms with Gasteiger partial charge in [-0.1, -0.05) is 12.1 Å². The smallest absolute Gasteiger partial charge is 0.348 e. The fourth-order valence-electron chi connectivity index (χ4n) is 4.14. The van der Waals surface area contributed by atoms with E-state index in [0.29, 0.717) is 10.5 Å². The Bertz CT molecular complexity index is 679. The van der Waals surface area contributed by atoms with Gasteiger partial charge in [-0.15, -0.1) is 11.3 Å². The first kappa shape index (κ1) is 17.1. The number of nitrogens with one attached hydrogen (secondary N) is 1. The minimum atomic E-state index is -1.46. The Hall–Kier alpha value is -1.70. The number of hydrogen-bond donors (Lipinski definition) is 3. The van der Waals surface area contributed by atoms with E-state index in [-0.39, 0.29) is 5.91 Å². The van der Waals surface area contributed by atoms with E-state index in [9.17, 15) is 19.8 Å². The van der Waals surface area contributed by atoms with Crippen molar-refractivity contribution in [1.29, 1.82) is 0 Å². The quantitative estimate of drug-likeness (QED) is 0.560. The van der Waals surface area contributed by atoms with Crippen LogP contribution in [0.15, 0.2) is 29.2 Å². The average molecular weight is 351 g/mol. The van der Waals surface area contributed by atoms with Gasteiger partial charge in [-0.25, -0.2) is 4.79 Å². The monoisotopic (exact) mass is 351 g/mol. The van der Waals surface area contributed by atoms with Crippen molar-refractivity contribution in [2.75, 3.05) is 0 Å². The number of carbonyl (C=O) groups is 2. The Morgan fingerprint density at radius 2 is 2.25 bits per heavy atom. The first-order chi connectivity index (χ1) is 11.3. The second-order valence-corrected chi connectivity index (χ2v) is 7.51. The molecule has 1 unspecified atom stereocenters. The topological polar surface area (TPSA) is 95.9 Å². The minimum absolute atomic E-state index is 0.245. The molecule has 0 bridgehead atoms. The number of carbonyl (C=O) groups excluding carboxylic acids is 2. The van der Waals surface area contributed by atoms with Gasteiger partial charge in [0.15, 0.2) is 6.10 Å². The summed E-state index contributed by atoms with van der Waals surface area (Å²) in [6, 6.07) is 2.83. The van der Waals surface area contributed by atoms with E-state index in [4.69, 9.17) is 4.74 Å². The molecule has 7 heteroatoms. The molecule has 0 radical (unpaired) electrons. The predicted molar refractivity (Wildman–Crippen MR) is 88.5 cm³/mol. The number of fused-ring (bicyclic) bond motifs is 1. The number of rotatable bonds is 3. The third-order valence-electron chi connectivity index (χ3n) is 5.06. The zero-order valence-electron chi connectivity index (χ0n) is 13.7. The highest BCUT2D eigenvalue weighted by Gasteiger charge is 2.65. The molecule has 2 heterocycles. The number of esters is 1. The fraction of sp³-hybridized carbons (Fsp3) is 0.529. The molecule has 3 N–H and O–H groups in total. The summed E-state index contributed by atoms with van der Waals surface area (Å²) in [5.74, 6) is -1.80. The summed E-state index contributed by atoms with van der Waals surface area (Å²) < 4.78 is 5.57.